The smallest absolute Gasteiger partial charge is 0.274 e. The zero-order valence-corrected chi connectivity index (χ0v) is 11.3. The highest BCUT2D eigenvalue weighted by atomic mass is 16.2. The van der Waals surface area contributed by atoms with Crippen LogP contribution in [0.1, 0.15) is 53.6 Å². The first-order valence-corrected chi connectivity index (χ1v) is 6.72. The van der Waals surface area contributed by atoms with Crippen molar-refractivity contribution in [2.24, 2.45) is 0 Å². The van der Waals surface area contributed by atoms with E-state index < -0.39 is 0 Å². The van der Waals surface area contributed by atoms with Crippen LogP contribution in [0, 0.1) is 0 Å². The average Bonchev–Trinajstić information content (AvgIpc) is 3.22. The third-order valence-electron chi connectivity index (χ3n) is 3.51. The lowest BCUT2D eigenvalue weighted by Gasteiger charge is -2.12. The zero-order chi connectivity index (χ0) is 14.1. The molecule has 2 heterocycles. The molecule has 1 unspecified atom stereocenters. The van der Waals surface area contributed by atoms with E-state index in [0.717, 1.165) is 24.2 Å². The first-order valence-electron chi connectivity index (χ1n) is 6.72. The molecule has 6 heteroatoms. The summed E-state index contributed by atoms with van der Waals surface area (Å²) in [5, 5.41) is 9.78. The number of nitrogens with zero attached hydrogens (tertiary/aromatic N) is 2. The Morgan fingerprint density at radius 3 is 2.95 bits per heavy atom. The van der Waals surface area contributed by atoms with Gasteiger partial charge in [-0.25, -0.2) is 0 Å². The largest absolute Gasteiger partial charge is 0.395 e. The number of anilines is 1. The van der Waals surface area contributed by atoms with Crippen LogP contribution in [-0.2, 0) is 0 Å². The molecule has 20 heavy (non-hydrogen) atoms. The van der Waals surface area contributed by atoms with Crippen molar-refractivity contribution in [1.29, 1.82) is 0 Å². The number of rotatable bonds is 4. The van der Waals surface area contributed by atoms with Gasteiger partial charge in [0.1, 0.15) is 0 Å². The topological polar surface area (TPSA) is 96.7 Å². The van der Waals surface area contributed by atoms with Crippen LogP contribution in [-0.4, -0.2) is 21.1 Å². The minimum Gasteiger partial charge on any atom is -0.395 e. The zero-order valence-electron chi connectivity index (χ0n) is 11.3. The van der Waals surface area contributed by atoms with Crippen molar-refractivity contribution in [2.75, 3.05) is 5.73 Å². The van der Waals surface area contributed by atoms with E-state index in [9.17, 15) is 4.79 Å². The van der Waals surface area contributed by atoms with Crippen molar-refractivity contribution in [3.8, 4) is 0 Å². The van der Waals surface area contributed by atoms with E-state index in [4.69, 9.17) is 5.73 Å². The summed E-state index contributed by atoms with van der Waals surface area (Å²) in [4.78, 5) is 16.4. The van der Waals surface area contributed by atoms with Gasteiger partial charge < -0.3 is 11.1 Å². The van der Waals surface area contributed by atoms with Crippen molar-refractivity contribution < 1.29 is 4.79 Å². The van der Waals surface area contributed by atoms with Gasteiger partial charge in [-0.1, -0.05) is 6.07 Å². The predicted molar refractivity (Wildman–Crippen MR) is 75.1 cm³/mol. The Labute approximate surface area is 116 Å². The van der Waals surface area contributed by atoms with Crippen LogP contribution < -0.4 is 11.1 Å². The van der Waals surface area contributed by atoms with Crippen molar-refractivity contribution in [3.05, 3.63) is 41.5 Å². The quantitative estimate of drug-likeness (QED) is 0.789. The van der Waals surface area contributed by atoms with E-state index in [1.807, 2.05) is 25.1 Å². The van der Waals surface area contributed by atoms with Crippen LogP contribution >= 0.6 is 0 Å². The summed E-state index contributed by atoms with van der Waals surface area (Å²) in [7, 11) is 0. The molecule has 1 aliphatic carbocycles. The number of aromatic amines is 1. The Morgan fingerprint density at radius 1 is 1.50 bits per heavy atom. The lowest BCUT2D eigenvalue weighted by molar-refractivity contribution is 0.0935. The first kappa shape index (κ1) is 12.7. The normalized spacial score (nSPS) is 15.8. The van der Waals surface area contributed by atoms with Crippen molar-refractivity contribution in [2.45, 2.75) is 31.7 Å². The highest BCUT2D eigenvalue weighted by molar-refractivity contribution is 5.97. The molecule has 104 valence electrons. The fourth-order valence-electron chi connectivity index (χ4n) is 2.19. The highest BCUT2D eigenvalue weighted by Gasteiger charge is 2.30. The second kappa shape index (κ2) is 4.96. The van der Waals surface area contributed by atoms with Gasteiger partial charge in [0, 0.05) is 12.1 Å². The monoisotopic (exact) mass is 271 g/mol. The molecule has 1 saturated carbocycles. The lowest BCUT2D eigenvalue weighted by atomic mass is 10.2. The second-order valence-electron chi connectivity index (χ2n) is 5.12. The van der Waals surface area contributed by atoms with Gasteiger partial charge in [0.25, 0.3) is 5.91 Å². The average molecular weight is 271 g/mol. The molecule has 6 nitrogen and oxygen atoms in total. The maximum atomic E-state index is 12.2. The molecular weight excluding hydrogens is 254 g/mol. The molecule has 0 radical (unpaired) electrons. The standard InChI is InChI=1S/C14H17N5O/c1-8(10-4-2-3-7-16-10)17-14(20)13-11(15)12(18-19-13)9-5-6-9/h2-4,7-9H,5-6,15H2,1H3,(H,17,20)(H,18,19). The van der Waals surface area contributed by atoms with Crippen LogP contribution in [0.5, 0.6) is 0 Å². The van der Waals surface area contributed by atoms with E-state index >= 15 is 0 Å². The number of hydrogen-bond donors (Lipinski definition) is 3. The third-order valence-corrected chi connectivity index (χ3v) is 3.51. The second-order valence-corrected chi connectivity index (χ2v) is 5.12. The van der Waals surface area contributed by atoms with Gasteiger partial charge in [-0.3, -0.25) is 14.9 Å². The molecule has 1 aliphatic rings. The summed E-state index contributed by atoms with van der Waals surface area (Å²) in [6.45, 7) is 1.88. The summed E-state index contributed by atoms with van der Waals surface area (Å²) in [5.74, 6) is 0.168. The maximum Gasteiger partial charge on any atom is 0.274 e. The molecule has 2 aromatic rings. The Balaban J connectivity index is 1.73. The first-order chi connectivity index (χ1) is 9.66. The van der Waals surface area contributed by atoms with Crippen molar-refractivity contribution in [3.63, 3.8) is 0 Å². The van der Waals surface area contributed by atoms with Gasteiger partial charge in [0.15, 0.2) is 5.69 Å². The predicted octanol–water partition coefficient (Wildman–Crippen LogP) is 1.76. The van der Waals surface area contributed by atoms with Gasteiger partial charge in [0.05, 0.1) is 23.1 Å². The summed E-state index contributed by atoms with van der Waals surface area (Å²) >= 11 is 0. The summed E-state index contributed by atoms with van der Waals surface area (Å²) in [5.41, 5.74) is 8.43. The minimum absolute atomic E-state index is 0.191. The fourth-order valence-corrected chi connectivity index (χ4v) is 2.19. The van der Waals surface area contributed by atoms with Gasteiger partial charge >= 0.3 is 0 Å². The van der Waals surface area contributed by atoms with E-state index in [-0.39, 0.29) is 17.6 Å². The number of nitrogens with two attached hydrogens (primary N) is 1. The Morgan fingerprint density at radius 2 is 2.30 bits per heavy atom. The minimum atomic E-state index is -0.274. The number of carbonyl (C=O) groups excluding carboxylic acids is 1. The van der Waals surface area contributed by atoms with Gasteiger partial charge in [-0.15, -0.1) is 0 Å². The summed E-state index contributed by atoms with van der Waals surface area (Å²) < 4.78 is 0. The fraction of sp³-hybridized carbons (Fsp3) is 0.357. The molecule has 0 aliphatic heterocycles. The summed E-state index contributed by atoms with van der Waals surface area (Å²) in [6, 6.07) is 5.41. The molecule has 3 rings (SSSR count). The molecule has 2 aromatic heterocycles. The third kappa shape index (κ3) is 2.36. The van der Waals surface area contributed by atoms with E-state index in [2.05, 4.69) is 20.5 Å². The van der Waals surface area contributed by atoms with Crippen LogP contribution in [0.4, 0.5) is 5.69 Å². The number of carbonyl (C=O) groups is 1. The number of amides is 1. The van der Waals surface area contributed by atoms with E-state index in [0.29, 0.717) is 11.6 Å². The lowest BCUT2D eigenvalue weighted by Crippen LogP contribution is -2.28. The molecule has 0 aromatic carbocycles. The SMILES string of the molecule is CC(NC(=O)c1n[nH]c(C2CC2)c1N)c1ccccn1. The molecular formula is C14H17N5O. The Hall–Kier alpha value is -2.37. The van der Waals surface area contributed by atoms with Gasteiger partial charge in [-0.05, 0) is 31.9 Å². The number of aromatic nitrogens is 3. The number of pyridine rings is 1. The number of hydrogen-bond acceptors (Lipinski definition) is 4. The molecule has 0 spiro atoms. The van der Waals surface area contributed by atoms with Gasteiger partial charge in [-0.2, -0.15) is 5.10 Å². The Kier molecular flexibility index (Phi) is 3.14. The molecule has 1 fully saturated rings. The van der Waals surface area contributed by atoms with Crippen LogP contribution in [0.3, 0.4) is 0 Å². The molecule has 0 saturated heterocycles. The molecule has 1 atom stereocenters. The van der Waals surface area contributed by atoms with Gasteiger partial charge in [0.2, 0.25) is 0 Å². The van der Waals surface area contributed by atoms with E-state index in [1.54, 1.807) is 6.20 Å². The van der Waals surface area contributed by atoms with Crippen LogP contribution in [0.15, 0.2) is 24.4 Å². The van der Waals surface area contributed by atoms with Crippen LogP contribution in [0.25, 0.3) is 0 Å². The summed E-state index contributed by atoms with van der Waals surface area (Å²) in [6.07, 6.45) is 3.92. The maximum absolute atomic E-state index is 12.2. The van der Waals surface area contributed by atoms with Crippen LogP contribution in [0.2, 0.25) is 0 Å². The molecule has 4 N–H and O–H groups in total. The molecule has 1 amide bonds. The Bertz CT molecular complexity index is 618. The van der Waals surface area contributed by atoms with Crippen molar-refractivity contribution >= 4 is 11.6 Å². The number of nitrogen functional groups attached to an aromatic ring is 1. The number of H-pyrrole nitrogens is 1. The molecule has 0 bridgehead atoms. The van der Waals surface area contributed by atoms with E-state index in [1.165, 1.54) is 0 Å². The number of nitrogens with one attached hydrogen (secondary N) is 2. The highest BCUT2D eigenvalue weighted by Crippen LogP contribution is 2.42. The van der Waals surface area contributed by atoms with Crippen molar-refractivity contribution in [1.82, 2.24) is 20.5 Å².